The second-order valence-electron chi connectivity index (χ2n) is 5.94. The third-order valence-corrected chi connectivity index (χ3v) is 3.75. The van der Waals surface area contributed by atoms with Gasteiger partial charge < -0.3 is 4.74 Å². The molecule has 2 N–H and O–H groups in total. The van der Waals surface area contributed by atoms with Gasteiger partial charge in [-0.15, -0.1) is 5.10 Å². The normalized spacial score (nSPS) is 11.8. The van der Waals surface area contributed by atoms with Crippen molar-refractivity contribution in [2.75, 3.05) is 5.32 Å². The van der Waals surface area contributed by atoms with Gasteiger partial charge in [0.2, 0.25) is 5.95 Å². The number of carbonyl (C=O) groups is 1. The van der Waals surface area contributed by atoms with Crippen LogP contribution in [0.15, 0.2) is 48.5 Å². The zero-order chi connectivity index (χ0) is 17.8. The molecule has 0 spiro atoms. The molecular weight excluding hydrogens is 316 g/mol. The zero-order valence-corrected chi connectivity index (χ0v) is 14.4. The van der Waals surface area contributed by atoms with E-state index in [1.54, 1.807) is 6.92 Å². The van der Waals surface area contributed by atoms with Crippen molar-refractivity contribution in [1.82, 2.24) is 15.2 Å². The van der Waals surface area contributed by atoms with E-state index in [1.807, 2.05) is 62.4 Å². The van der Waals surface area contributed by atoms with Crippen molar-refractivity contribution in [2.45, 2.75) is 26.9 Å². The first-order valence-electron chi connectivity index (χ1n) is 8.05. The van der Waals surface area contributed by atoms with Crippen LogP contribution < -0.4 is 10.1 Å². The van der Waals surface area contributed by atoms with Gasteiger partial charge in [0.15, 0.2) is 11.9 Å². The predicted octanol–water partition coefficient (Wildman–Crippen LogP) is 3.49. The largest absolute Gasteiger partial charge is 0.481 e. The van der Waals surface area contributed by atoms with Crippen LogP contribution in [0.4, 0.5) is 5.95 Å². The van der Waals surface area contributed by atoms with E-state index in [0.717, 1.165) is 11.1 Å². The first-order valence-corrected chi connectivity index (χ1v) is 8.05. The minimum Gasteiger partial charge on any atom is -0.481 e. The Labute approximate surface area is 146 Å². The molecule has 0 bridgehead atoms. The highest BCUT2D eigenvalue weighted by Gasteiger charge is 2.17. The first-order chi connectivity index (χ1) is 12.0. The standard InChI is InChI=1S/C19H20N4O2/c1-12-4-8-15(9-5-12)17-20-19(23-22-17)21-18(24)14(3)25-16-10-6-13(2)7-11-16/h4-11,14H,1-3H3,(H2,20,21,22,23,24)/t14-/m0/s1. The van der Waals surface area contributed by atoms with Gasteiger partial charge in [-0.2, -0.15) is 4.98 Å². The lowest BCUT2D eigenvalue weighted by molar-refractivity contribution is -0.122. The topological polar surface area (TPSA) is 79.9 Å². The Balaban J connectivity index is 1.62. The molecule has 25 heavy (non-hydrogen) atoms. The molecule has 0 aliphatic heterocycles. The van der Waals surface area contributed by atoms with Crippen LogP contribution in [-0.2, 0) is 4.79 Å². The SMILES string of the molecule is Cc1ccc(O[C@@H](C)C(=O)Nc2n[nH]c(-c3ccc(C)cc3)n2)cc1. The number of aromatic amines is 1. The molecule has 0 fully saturated rings. The predicted molar refractivity (Wildman–Crippen MR) is 96.5 cm³/mol. The molecule has 3 aromatic rings. The lowest BCUT2D eigenvalue weighted by atomic mass is 10.1. The second kappa shape index (κ2) is 7.17. The fraction of sp³-hybridized carbons (Fsp3) is 0.211. The van der Waals surface area contributed by atoms with Crippen molar-refractivity contribution in [3.05, 3.63) is 59.7 Å². The molecule has 6 heteroatoms. The molecule has 0 aliphatic rings. The summed E-state index contributed by atoms with van der Waals surface area (Å²) >= 11 is 0. The summed E-state index contributed by atoms with van der Waals surface area (Å²) in [5, 5.41) is 9.51. The Kier molecular flexibility index (Phi) is 4.79. The maximum absolute atomic E-state index is 12.2. The number of anilines is 1. The number of hydrogen-bond acceptors (Lipinski definition) is 4. The number of benzene rings is 2. The quantitative estimate of drug-likeness (QED) is 0.747. The summed E-state index contributed by atoms with van der Waals surface area (Å²) in [6.07, 6.45) is -0.663. The third-order valence-electron chi connectivity index (χ3n) is 3.75. The molecule has 0 radical (unpaired) electrons. The Morgan fingerprint density at radius 3 is 2.28 bits per heavy atom. The van der Waals surface area contributed by atoms with Crippen molar-refractivity contribution in [3.63, 3.8) is 0 Å². The van der Waals surface area contributed by atoms with E-state index >= 15 is 0 Å². The minimum absolute atomic E-state index is 0.222. The van der Waals surface area contributed by atoms with Gasteiger partial charge in [0.05, 0.1) is 0 Å². The van der Waals surface area contributed by atoms with Gasteiger partial charge in [0.1, 0.15) is 5.75 Å². The van der Waals surface area contributed by atoms with Gasteiger partial charge in [-0.25, -0.2) is 0 Å². The lowest BCUT2D eigenvalue weighted by Crippen LogP contribution is -2.30. The molecule has 1 atom stereocenters. The van der Waals surface area contributed by atoms with Gasteiger partial charge in [0, 0.05) is 5.56 Å². The van der Waals surface area contributed by atoms with Gasteiger partial charge >= 0.3 is 0 Å². The average Bonchev–Trinajstić information content (AvgIpc) is 3.06. The fourth-order valence-electron chi connectivity index (χ4n) is 2.24. The first kappa shape index (κ1) is 16.7. The van der Waals surface area contributed by atoms with Crippen LogP contribution in [0.1, 0.15) is 18.1 Å². The summed E-state index contributed by atoms with van der Waals surface area (Å²) in [5.74, 6) is 1.15. The smallest absolute Gasteiger partial charge is 0.267 e. The molecule has 0 aliphatic carbocycles. The van der Waals surface area contributed by atoms with E-state index in [2.05, 4.69) is 20.5 Å². The maximum atomic E-state index is 12.2. The van der Waals surface area contributed by atoms with Crippen LogP contribution in [0, 0.1) is 13.8 Å². The number of rotatable bonds is 5. The van der Waals surface area contributed by atoms with Crippen LogP contribution in [0.25, 0.3) is 11.4 Å². The summed E-state index contributed by atoms with van der Waals surface area (Å²) in [6, 6.07) is 15.4. The van der Waals surface area contributed by atoms with Crippen LogP contribution >= 0.6 is 0 Å². The zero-order valence-electron chi connectivity index (χ0n) is 14.4. The Bertz CT molecular complexity index is 854. The molecule has 0 saturated heterocycles. The highest BCUT2D eigenvalue weighted by atomic mass is 16.5. The van der Waals surface area contributed by atoms with Gasteiger partial charge in [-0.3, -0.25) is 15.2 Å². The van der Waals surface area contributed by atoms with E-state index < -0.39 is 6.10 Å². The lowest BCUT2D eigenvalue weighted by Gasteiger charge is -2.13. The Morgan fingerprint density at radius 2 is 1.64 bits per heavy atom. The molecule has 6 nitrogen and oxygen atoms in total. The fourth-order valence-corrected chi connectivity index (χ4v) is 2.24. The summed E-state index contributed by atoms with van der Waals surface area (Å²) < 4.78 is 5.63. The minimum atomic E-state index is -0.663. The van der Waals surface area contributed by atoms with Gasteiger partial charge in [-0.1, -0.05) is 47.5 Å². The van der Waals surface area contributed by atoms with Crippen LogP contribution in [0.2, 0.25) is 0 Å². The average molecular weight is 336 g/mol. The summed E-state index contributed by atoms with van der Waals surface area (Å²) in [5.41, 5.74) is 3.20. The van der Waals surface area contributed by atoms with Crippen molar-refractivity contribution < 1.29 is 9.53 Å². The molecule has 128 valence electrons. The molecule has 1 aromatic heterocycles. The Hall–Kier alpha value is -3.15. The van der Waals surface area contributed by atoms with Crippen molar-refractivity contribution >= 4 is 11.9 Å². The molecule has 3 rings (SSSR count). The Morgan fingerprint density at radius 1 is 1.04 bits per heavy atom. The van der Waals surface area contributed by atoms with E-state index in [-0.39, 0.29) is 11.9 Å². The van der Waals surface area contributed by atoms with Gasteiger partial charge in [-0.05, 0) is 32.9 Å². The van der Waals surface area contributed by atoms with E-state index in [9.17, 15) is 4.79 Å². The second-order valence-corrected chi connectivity index (χ2v) is 5.94. The number of nitrogens with one attached hydrogen (secondary N) is 2. The van der Waals surface area contributed by atoms with Crippen LogP contribution in [0.3, 0.4) is 0 Å². The number of hydrogen-bond donors (Lipinski definition) is 2. The number of aromatic nitrogens is 3. The number of nitrogens with zero attached hydrogens (tertiary/aromatic N) is 2. The molecule has 0 unspecified atom stereocenters. The summed E-state index contributed by atoms with van der Waals surface area (Å²) in [7, 11) is 0. The number of H-pyrrole nitrogens is 1. The third kappa shape index (κ3) is 4.23. The molecule has 1 amide bonds. The molecule has 0 saturated carbocycles. The van der Waals surface area contributed by atoms with E-state index in [0.29, 0.717) is 11.6 Å². The number of ether oxygens (including phenoxy) is 1. The summed E-state index contributed by atoms with van der Waals surface area (Å²) in [4.78, 5) is 16.5. The highest BCUT2D eigenvalue weighted by Crippen LogP contribution is 2.17. The van der Waals surface area contributed by atoms with Crippen molar-refractivity contribution in [1.29, 1.82) is 0 Å². The maximum Gasteiger partial charge on any atom is 0.267 e. The molecule has 1 heterocycles. The van der Waals surface area contributed by atoms with Crippen molar-refractivity contribution in [2.24, 2.45) is 0 Å². The van der Waals surface area contributed by atoms with Gasteiger partial charge in [0.25, 0.3) is 5.91 Å². The van der Waals surface area contributed by atoms with E-state index in [4.69, 9.17) is 4.74 Å². The number of amides is 1. The summed E-state index contributed by atoms with van der Waals surface area (Å²) in [6.45, 7) is 5.70. The monoisotopic (exact) mass is 336 g/mol. The highest BCUT2D eigenvalue weighted by molar-refractivity contribution is 5.92. The van der Waals surface area contributed by atoms with Crippen LogP contribution in [-0.4, -0.2) is 27.2 Å². The molecule has 2 aromatic carbocycles. The number of aryl methyl sites for hydroxylation is 2. The van der Waals surface area contributed by atoms with Crippen LogP contribution in [0.5, 0.6) is 5.75 Å². The van der Waals surface area contributed by atoms with E-state index in [1.165, 1.54) is 5.56 Å². The number of carbonyl (C=O) groups excluding carboxylic acids is 1. The molecular formula is C19H20N4O2. The van der Waals surface area contributed by atoms with Crippen molar-refractivity contribution in [3.8, 4) is 17.1 Å².